The second-order valence-electron chi connectivity index (χ2n) is 11.3. The Morgan fingerprint density at radius 1 is 0.898 bits per heavy atom. The van der Waals surface area contributed by atoms with Crippen LogP contribution in [0.4, 0.5) is 5.69 Å². The quantitative estimate of drug-likeness (QED) is 0.151. The zero-order chi connectivity index (χ0) is 34.7. The highest BCUT2D eigenvalue weighted by Crippen LogP contribution is 2.28. The molecular formula is C33H30Cl2N6O7S. The predicted molar refractivity (Wildman–Crippen MR) is 181 cm³/mol. The number of hydrogen-bond donors (Lipinski definition) is 3. The van der Waals surface area contributed by atoms with Crippen molar-refractivity contribution >= 4 is 62.5 Å². The third-order valence-electron chi connectivity index (χ3n) is 8.06. The van der Waals surface area contributed by atoms with Gasteiger partial charge in [-0.15, -0.1) is 0 Å². The van der Waals surface area contributed by atoms with Gasteiger partial charge in [-0.1, -0.05) is 41.4 Å². The Hall–Kier alpha value is -4.76. The van der Waals surface area contributed by atoms with Crippen molar-refractivity contribution in [3.63, 3.8) is 0 Å². The van der Waals surface area contributed by atoms with Crippen molar-refractivity contribution in [3.05, 3.63) is 105 Å². The lowest BCUT2D eigenvalue weighted by molar-refractivity contribution is 0.0646. The number of ether oxygens (including phenoxy) is 1. The largest absolute Gasteiger partial charge is 0.494 e. The molecule has 3 heterocycles. The molecule has 3 N–H and O–H groups in total. The Balaban J connectivity index is 1.15. The van der Waals surface area contributed by atoms with Crippen LogP contribution < -0.4 is 20.7 Å². The zero-order valence-corrected chi connectivity index (χ0v) is 28.1. The first-order chi connectivity index (χ1) is 23.5. The van der Waals surface area contributed by atoms with E-state index in [0.29, 0.717) is 53.3 Å². The Labute approximate surface area is 291 Å². The normalized spacial score (nSPS) is 14.9. The molecule has 1 saturated heterocycles. The number of amides is 4. The Bertz CT molecular complexity index is 1990. The minimum absolute atomic E-state index is 0.0505. The molecule has 16 heteroatoms. The summed E-state index contributed by atoms with van der Waals surface area (Å²) in [5.41, 5.74) is 0.226. The summed E-state index contributed by atoms with van der Waals surface area (Å²) in [6.45, 7) is 1.73. The highest BCUT2D eigenvalue weighted by atomic mass is 35.5. The fourth-order valence-corrected chi connectivity index (χ4v) is 7.22. The van der Waals surface area contributed by atoms with Gasteiger partial charge >= 0.3 is 0 Å². The van der Waals surface area contributed by atoms with E-state index in [9.17, 15) is 27.6 Å². The number of rotatable bonds is 11. The van der Waals surface area contributed by atoms with Gasteiger partial charge in [-0.2, -0.15) is 17.6 Å². The number of anilines is 1. The van der Waals surface area contributed by atoms with Crippen LogP contribution in [-0.4, -0.2) is 78.4 Å². The van der Waals surface area contributed by atoms with E-state index in [1.54, 1.807) is 30.3 Å². The van der Waals surface area contributed by atoms with Crippen molar-refractivity contribution in [2.24, 2.45) is 0 Å². The van der Waals surface area contributed by atoms with Gasteiger partial charge in [0.15, 0.2) is 5.69 Å². The Morgan fingerprint density at radius 2 is 1.53 bits per heavy atom. The molecule has 0 bridgehead atoms. The molecule has 0 radical (unpaired) electrons. The smallest absolute Gasteiger partial charge is 0.283 e. The molecule has 0 atom stereocenters. The van der Waals surface area contributed by atoms with E-state index in [0.717, 1.165) is 6.20 Å². The molecule has 4 aromatic rings. The number of nitrogens with zero attached hydrogens (tertiary/aromatic N) is 3. The lowest BCUT2D eigenvalue weighted by atomic mass is 10.1. The fraction of sp³-hybridized carbons (Fsp3) is 0.242. The number of hydrogen-bond acceptors (Lipinski definition) is 9. The third kappa shape index (κ3) is 7.17. The lowest BCUT2D eigenvalue weighted by Crippen LogP contribution is -2.43. The van der Waals surface area contributed by atoms with Crippen LogP contribution in [0.25, 0.3) is 0 Å². The van der Waals surface area contributed by atoms with E-state index < -0.39 is 21.8 Å². The second kappa shape index (κ2) is 14.4. The molecule has 0 unspecified atom stereocenters. The number of imide groups is 1. The van der Waals surface area contributed by atoms with E-state index in [2.05, 4.69) is 21.0 Å². The zero-order valence-electron chi connectivity index (χ0n) is 25.8. The number of piperidine rings is 1. The summed E-state index contributed by atoms with van der Waals surface area (Å²) in [4.78, 5) is 52.7. The van der Waals surface area contributed by atoms with Crippen molar-refractivity contribution in [2.75, 3.05) is 31.6 Å². The summed E-state index contributed by atoms with van der Waals surface area (Å²) in [7, 11) is -4.34. The number of carbonyl (C=O) groups excluding carboxylic acids is 4. The van der Waals surface area contributed by atoms with E-state index in [4.69, 9.17) is 27.9 Å². The fourth-order valence-electron chi connectivity index (χ4n) is 5.53. The average molecular weight is 726 g/mol. The number of fused-ring (bicyclic) bond motifs is 1. The van der Waals surface area contributed by atoms with Gasteiger partial charge in [-0.05, 0) is 80.9 Å². The Morgan fingerprint density at radius 3 is 2.16 bits per heavy atom. The monoisotopic (exact) mass is 724 g/mol. The van der Waals surface area contributed by atoms with Gasteiger partial charge in [0, 0.05) is 12.6 Å². The summed E-state index contributed by atoms with van der Waals surface area (Å²) in [5, 5.41) is 12.8. The predicted octanol–water partition coefficient (Wildman–Crippen LogP) is 4.23. The maximum Gasteiger partial charge on any atom is 0.283 e. The van der Waals surface area contributed by atoms with E-state index in [-0.39, 0.29) is 62.9 Å². The highest BCUT2D eigenvalue weighted by molar-refractivity contribution is 7.89. The molecule has 4 amide bonds. The number of halogens is 2. The molecule has 0 saturated carbocycles. The van der Waals surface area contributed by atoms with Crippen molar-refractivity contribution in [1.82, 2.24) is 24.7 Å². The molecule has 3 aromatic carbocycles. The van der Waals surface area contributed by atoms with E-state index in [1.807, 2.05) is 0 Å². The van der Waals surface area contributed by atoms with Crippen LogP contribution in [0.5, 0.6) is 5.75 Å². The summed E-state index contributed by atoms with van der Waals surface area (Å²) in [6, 6.07) is 16.5. The van der Waals surface area contributed by atoms with Gasteiger partial charge in [-0.25, -0.2) is 0 Å². The molecule has 49 heavy (non-hydrogen) atoms. The summed E-state index contributed by atoms with van der Waals surface area (Å²) < 4.78 is 33.6. The van der Waals surface area contributed by atoms with Crippen molar-refractivity contribution < 1.29 is 32.3 Å². The van der Waals surface area contributed by atoms with Crippen LogP contribution >= 0.6 is 23.2 Å². The molecule has 2 aliphatic rings. The van der Waals surface area contributed by atoms with Crippen molar-refractivity contribution in [3.8, 4) is 5.75 Å². The van der Waals surface area contributed by atoms with Crippen molar-refractivity contribution in [2.45, 2.75) is 30.2 Å². The lowest BCUT2D eigenvalue weighted by Gasteiger charge is -2.23. The number of carbonyl (C=O) groups is 4. The SMILES string of the molecule is O=C(NC1CCNCC1)c1nn(S(=O)(=O)c2ccc(OCCCN3C(=O)c4ccccc4C3=O)cc2)cc1NC(=O)c1c(Cl)cccc1Cl. The average Bonchev–Trinajstić information content (AvgIpc) is 3.62. The molecule has 6 rings (SSSR count). The molecule has 2 aliphatic heterocycles. The van der Waals surface area contributed by atoms with Crippen LogP contribution in [0.1, 0.15) is 60.8 Å². The molecule has 1 fully saturated rings. The van der Waals surface area contributed by atoms with Gasteiger partial charge < -0.3 is 20.7 Å². The number of nitrogens with one attached hydrogen (secondary N) is 3. The van der Waals surface area contributed by atoms with Gasteiger partial charge in [-0.3, -0.25) is 24.1 Å². The third-order valence-corrected chi connectivity index (χ3v) is 10.2. The van der Waals surface area contributed by atoms with Crippen molar-refractivity contribution in [1.29, 1.82) is 0 Å². The van der Waals surface area contributed by atoms with Crippen LogP contribution in [0.2, 0.25) is 10.0 Å². The van der Waals surface area contributed by atoms with Crippen LogP contribution in [0, 0.1) is 0 Å². The standard InChI is InChI=1S/C33H30Cl2N6O7S/c34-25-7-3-8-26(35)28(25)30(42)38-27-19-41(39-29(27)31(43)37-20-13-15-36-16-14-20)49(46,47)22-11-9-21(10-12-22)48-18-4-17-40-32(44)23-5-1-2-6-24(23)33(40)45/h1-3,5-12,19-20,36H,4,13-18H2,(H,37,43)(H,38,42). The minimum Gasteiger partial charge on any atom is -0.494 e. The topological polar surface area (TPSA) is 169 Å². The molecular weight excluding hydrogens is 695 g/mol. The minimum atomic E-state index is -4.34. The Kier molecular flexibility index (Phi) is 10.0. The van der Waals surface area contributed by atoms with Gasteiger partial charge in [0.25, 0.3) is 33.7 Å². The van der Waals surface area contributed by atoms with E-state index in [1.165, 1.54) is 41.3 Å². The molecule has 0 spiro atoms. The first-order valence-corrected chi connectivity index (χ1v) is 17.5. The maximum absolute atomic E-state index is 13.6. The summed E-state index contributed by atoms with van der Waals surface area (Å²) in [6.07, 6.45) is 2.73. The summed E-state index contributed by atoms with van der Waals surface area (Å²) in [5.74, 6) is -1.76. The van der Waals surface area contributed by atoms with Gasteiger partial charge in [0.1, 0.15) is 5.75 Å². The first-order valence-electron chi connectivity index (χ1n) is 15.3. The van der Waals surface area contributed by atoms with E-state index >= 15 is 0 Å². The van der Waals surface area contributed by atoms with Gasteiger partial charge in [0.2, 0.25) is 0 Å². The first kappa shape index (κ1) is 34.1. The highest BCUT2D eigenvalue weighted by Gasteiger charge is 2.34. The number of aromatic nitrogens is 2. The maximum atomic E-state index is 13.6. The number of benzene rings is 3. The summed E-state index contributed by atoms with van der Waals surface area (Å²) >= 11 is 12.4. The van der Waals surface area contributed by atoms with Crippen LogP contribution in [0.15, 0.2) is 77.8 Å². The molecule has 13 nitrogen and oxygen atoms in total. The van der Waals surface area contributed by atoms with Gasteiger partial charge in [0.05, 0.1) is 50.1 Å². The van der Waals surface area contributed by atoms with Crippen LogP contribution in [-0.2, 0) is 10.0 Å². The molecule has 1 aromatic heterocycles. The van der Waals surface area contributed by atoms with Crippen LogP contribution in [0.3, 0.4) is 0 Å². The molecule has 0 aliphatic carbocycles. The second-order valence-corrected chi connectivity index (χ2v) is 13.9. The molecule has 254 valence electrons.